The molecule has 2 aliphatic rings. The second kappa shape index (κ2) is 8.68. The van der Waals surface area contributed by atoms with E-state index < -0.39 is 10.0 Å². The fourth-order valence-electron chi connectivity index (χ4n) is 3.82. The van der Waals surface area contributed by atoms with Crippen LogP contribution in [0.3, 0.4) is 0 Å². The van der Waals surface area contributed by atoms with Crippen molar-refractivity contribution >= 4 is 39.1 Å². The molecule has 2 aliphatic heterocycles. The molecule has 8 heteroatoms. The van der Waals surface area contributed by atoms with Gasteiger partial charge in [-0.1, -0.05) is 36.2 Å². The lowest BCUT2D eigenvalue weighted by atomic mass is 9.94. The van der Waals surface area contributed by atoms with Gasteiger partial charge in [-0.3, -0.25) is 4.79 Å². The molecule has 1 aromatic carbocycles. The largest absolute Gasteiger partial charge is 0.342 e. The van der Waals surface area contributed by atoms with E-state index in [0.29, 0.717) is 34.5 Å². The highest BCUT2D eigenvalue weighted by Crippen LogP contribution is 2.27. The Hall–Kier alpha value is -0.820. The first kappa shape index (κ1) is 20.9. The number of hydrogen-bond donors (Lipinski definition) is 0. The van der Waals surface area contributed by atoms with Crippen LogP contribution in [-0.4, -0.2) is 49.7 Å². The quantitative estimate of drug-likeness (QED) is 0.726. The molecule has 0 bridgehead atoms. The summed E-state index contributed by atoms with van der Waals surface area (Å²) in [5.74, 6) is 0.391. The molecule has 0 N–H and O–H groups in total. The van der Waals surface area contributed by atoms with Crippen molar-refractivity contribution in [2.75, 3.05) is 26.2 Å². The number of amides is 1. The van der Waals surface area contributed by atoms with Crippen molar-refractivity contribution in [2.45, 2.75) is 38.4 Å². The van der Waals surface area contributed by atoms with E-state index in [1.807, 2.05) is 4.90 Å². The van der Waals surface area contributed by atoms with Gasteiger partial charge in [0.25, 0.3) is 0 Å². The Balaban J connectivity index is 1.65. The molecule has 5 nitrogen and oxygen atoms in total. The Kier molecular flexibility index (Phi) is 6.72. The Morgan fingerprint density at radius 3 is 2.48 bits per heavy atom. The summed E-state index contributed by atoms with van der Waals surface area (Å²) < 4.78 is 27.2. The number of piperidine rings is 2. The fourth-order valence-corrected chi connectivity index (χ4v) is 5.73. The van der Waals surface area contributed by atoms with E-state index in [0.717, 1.165) is 32.4 Å². The standard InChI is InChI=1S/C19H26Cl2N2O3S/c1-14-6-9-22(10-7-14)19(24)16-3-2-8-23(12-16)27(25,26)13-15-4-5-17(20)18(21)11-15/h4-5,11,14,16H,2-3,6-10,12-13H2,1H3/t16-/m1/s1. The average molecular weight is 433 g/mol. The highest BCUT2D eigenvalue weighted by atomic mass is 35.5. The van der Waals surface area contributed by atoms with Crippen LogP contribution in [0.5, 0.6) is 0 Å². The van der Waals surface area contributed by atoms with E-state index in [-0.39, 0.29) is 24.1 Å². The minimum absolute atomic E-state index is 0.108. The molecule has 1 aromatic rings. The van der Waals surface area contributed by atoms with Crippen molar-refractivity contribution in [3.63, 3.8) is 0 Å². The van der Waals surface area contributed by atoms with Crippen LogP contribution in [0.15, 0.2) is 18.2 Å². The first-order chi connectivity index (χ1) is 12.8. The lowest BCUT2D eigenvalue weighted by Gasteiger charge is -2.37. The van der Waals surface area contributed by atoms with Crippen molar-refractivity contribution < 1.29 is 13.2 Å². The van der Waals surface area contributed by atoms with Gasteiger partial charge in [0.2, 0.25) is 15.9 Å². The van der Waals surface area contributed by atoms with Crippen molar-refractivity contribution in [1.29, 1.82) is 0 Å². The topological polar surface area (TPSA) is 57.7 Å². The predicted molar refractivity (Wildman–Crippen MR) is 108 cm³/mol. The SMILES string of the molecule is CC1CCN(C(=O)[C@@H]2CCCN(S(=O)(=O)Cc3ccc(Cl)c(Cl)c3)C2)CC1. The smallest absolute Gasteiger partial charge is 0.227 e. The van der Waals surface area contributed by atoms with Crippen LogP contribution >= 0.6 is 23.2 Å². The van der Waals surface area contributed by atoms with E-state index in [9.17, 15) is 13.2 Å². The Labute approximate surface area is 171 Å². The lowest BCUT2D eigenvalue weighted by molar-refractivity contribution is -0.138. The van der Waals surface area contributed by atoms with Gasteiger partial charge < -0.3 is 4.90 Å². The summed E-state index contributed by atoms with van der Waals surface area (Å²) in [4.78, 5) is 14.8. The zero-order chi connectivity index (χ0) is 19.6. The third-order valence-electron chi connectivity index (χ3n) is 5.56. The van der Waals surface area contributed by atoms with Gasteiger partial charge in [-0.15, -0.1) is 0 Å². The number of likely N-dealkylation sites (tertiary alicyclic amines) is 1. The molecule has 2 fully saturated rings. The van der Waals surface area contributed by atoms with Gasteiger partial charge in [-0.25, -0.2) is 12.7 Å². The van der Waals surface area contributed by atoms with E-state index in [1.165, 1.54) is 4.31 Å². The normalized spacial score (nSPS) is 22.8. The highest BCUT2D eigenvalue weighted by molar-refractivity contribution is 7.88. The number of nitrogens with zero attached hydrogens (tertiary/aromatic N) is 2. The molecular formula is C19H26Cl2N2O3S. The van der Waals surface area contributed by atoms with Gasteiger partial charge >= 0.3 is 0 Å². The van der Waals surface area contributed by atoms with Crippen molar-refractivity contribution in [1.82, 2.24) is 9.21 Å². The van der Waals surface area contributed by atoms with E-state index in [2.05, 4.69) is 6.92 Å². The molecule has 150 valence electrons. The monoisotopic (exact) mass is 432 g/mol. The van der Waals surface area contributed by atoms with E-state index in [4.69, 9.17) is 23.2 Å². The summed E-state index contributed by atoms with van der Waals surface area (Å²) in [5.41, 5.74) is 0.600. The van der Waals surface area contributed by atoms with Crippen molar-refractivity contribution in [3.8, 4) is 0 Å². The molecule has 2 heterocycles. The van der Waals surface area contributed by atoms with Crippen LogP contribution < -0.4 is 0 Å². The number of carbonyl (C=O) groups excluding carboxylic acids is 1. The maximum atomic E-state index is 12.9. The second-order valence-corrected chi connectivity index (χ2v) is 10.5. The van der Waals surface area contributed by atoms with E-state index in [1.54, 1.807) is 18.2 Å². The molecule has 1 amide bonds. The minimum Gasteiger partial charge on any atom is -0.342 e. The molecule has 0 radical (unpaired) electrons. The summed E-state index contributed by atoms with van der Waals surface area (Å²) in [6.07, 6.45) is 3.51. The maximum absolute atomic E-state index is 12.9. The van der Waals surface area contributed by atoms with Crippen molar-refractivity contribution in [3.05, 3.63) is 33.8 Å². The number of halogens is 2. The molecule has 3 rings (SSSR count). The zero-order valence-corrected chi connectivity index (χ0v) is 17.9. The van der Waals surface area contributed by atoms with Crippen LogP contribution in [0.2, 0.25) is 10.0 Å². The molecule has 0 aliphatic carbocycles. The number of benzene rings is 1. The lowest BCUT2D eigenvalue weighted by Crippen LogP contribution is -2.48. The summed E-state index contributed by atoms with van der Waals surface area (Å²) in [5, 5.41) is 0.743. The maximum Gasteiger partial charge on any atom is 0.227 e. The van der Waals surface area contributed by atoms with Gasteiger partial charge in [0.1, 0.15) is 0 Å². The fraction of sp³-hybridized carbons (Fsp3) is 0.632. The first-order valence-corrected chi connectivity index (χ1v) is 11.8. The molecule has 0 spiro atoms. The Morgan fingerprint density at radius 1 is 1.11 bits per heavy atom. The number of sulfonamides is 1. The van der Waals surface area contributed by atoms with E-state index >= 15 is 0 Å². The van der Waals surface area contributed by atoms with Crippen molar-refractivity contribution in [2.24, 2.45) is 11.8 Å². The molecular weight excluding hydrogens is 407 g/mol. The minimum atomic E-state index is -3.51. The summed E-state index contributed by atoms with van der Waals surface area (Å²) >= 11 is 11.9. The van der Waals surface area contributed by atoms with Gasteiger partial charge in [-0.2, -0.15) is 0 Å². The molecule has 1 atom stereocenters. The molecule has 0 saturated carbocycles. The average Bonchev–Trinajstić information content (AvgIpc) is 2.65. The van der Waals surface area contributed by atoms with Crippen LogP contribution in [0, 0.1) is 11.8 Å². The molecule has 0 aromatic heterocycles. The summed E-state index contributed by atoms with van der Waals surface area (Å²) in [6.45, 7) is 4.51. The summed E-state index contributed by atoms with van der Waals surface area (Å²) in [6, 6.07) is 4.87. The molecule has 27 heavy (non-hydrogen) atoms. The number of hydrogen-bond acceptors (Lipinski definition) is 3. The highest BCUT2D eigenvalue weighted by Gasteiger charge is 2.35. The molecule has 0 unspecified atom stereocenters. The predicted octanol–water partition coefficient (Wildman–Crippen LogP) is 3.79. The Bertz CT molecular complexity index is 792. The third kappa shape index (κ3) is 5.17. The zero-order valence-electron chi connectivity index (χ0n) is 15.5. The van der Waals surface area contributed by atoms with Gasteiger partial charge in [0, 0.05) is 26.2 Å². The van der Waals surface area contributed by atoms with Crippen LogP contribution in [0.1, 0.15) is 38.2 Å². The third-order valence-corrected chi connectivity index (χ3v) is 8.11. The first-order valence-electron chi connectivity index (χ1n) is 9.47. The summed E-state index contributed by atoms with van der Waals surface area (Å²) in [7, 11) is -3.51. The van der Waals surface area contributed by atoms with Crippen LogP contribution in [0.25, 0.3) is 0 Å². The van der Waals surface area contributed by atoms with Gasteiger partial charge in [0.05, 0.1) is 21.7 Å². The van der Waals surface area contributed by atoms with Crippen LogP contribution in [0.4, 0.5) is 0 Å². The van der Waals surface area contributed by atoms with Crippen LogP contribution in [-0.2, 0) is 20.6 Å². The number of carbonyl (C=O) groups is 1. The van der Waals surface area contributed by atoms with Gasteiger partial charge in [0.15, 0.2) is 0 Å². The Morgan fingerprint density at radius 2 is 1.81 bits per heavy atom. The second-order valence-electron chi connectivity index (χ2n) is 7.71. The number of rotatable bonds is 4. The van der Waals surface area contributed by atoms with Gasteiger partial charge in [-0.05, 0) is 49.3 Å². The molecule has 2 saturated heterocycles.